The Bertz CT molecular complexity index is 885. The lowest BCUT2D eigenvalue weighted by Crippen LogP contribution is -2.43. The van der Waals surface area contributed by atoms with Crippen LogP contribution >= 0.6 is 11.3 Å². The normalized spacial score (nSPS) is 20.2. The summed E-state index contributed by atoms with van der Waals surface area (Å²) in [5, 5.41) is 14.5. The van der Waals surface area contributed by atoms with Crippen LogP contribution in [0.1, 0.15) is 71.6 Å². The van der Waals surface area contributed by atoms with Gasteiger partial charge < -0.3 is 10.0 Å². The first-order valence-electron chi connectivity index (χ1n) is 8.30. The van der Waals surface area contributed by atoms with E-state index in [9.17, 15) is 27.2 Å². The fraction of sp³-hybridized carbons (Fsp3) is 0.500. The Morgan fingerprint density at radius 2 is 2.00 bits per heavy atom. The molecule has 2 aromatic heterocycles. The van der Waals surface area contributed by atoms with Gasteiger partial charge in [0.2, 0.25) is 5.91 Å². The van der Waals surface area contributed by atoms with Gasteiger partial charge in [0.25, 0.3) is 12.9 Å². The molecule has 1 amide bonds. The van der Waals surface area contributed by atoms with Crippen LogP contribution in [-0.4, -0.2) is 43.2 Å². The topological polar surface area (TPSA) is 88.3 Å². The van der Waals surface area contributed by atoms with Crippen molar-refractivity contribution in [1.82, 2.24) is 19.7 Å². The van der Waals surface area contributed by atoms with Gasteiger partial charge in [0.1, 0.15) is 17.6 Å². The van der Waals surface area contributed by atoms with E-state index in [2.05, 4.69) is 10.1 Å². The van der Waals surface area contributed by atoms with Gasteiger partial charge in [-0.05, 0) is 18.9 Å². The molecule has 2 aromatic rings. The van der Waals surface area contributed by atoms with Crippen molar-refractivity contribution in [1.29, 1.82) is 0 Å². The highest BCUT2D eigenvalue weighted by Gasteiger charge is 2.37. The molecule has 3 rings (SSSR count). The summed E-state index contributed by atoms with van der Waals surface area (Å²) in [6, 6.07) is 0.642. The number of piperidine rings is 1. The lowest BCUT2D eigenvalue weighted by Gasteiger charge is -2.39. The standard InChI is InChI=1S/C16H16F4N4O3S/c1-7(25)23-3-2-8(15-21-10(6-28-15)16(26)27)4-12(23)24-11(14(19)20)5-9(22-24)13(17)18/h5-6,8,12-14H,2-4H2,1H3,(H,26,27). The predicted octanol–water partition coefficient (Wildman–Crippen LogP) is 3.84. The third-order valence-electron chi connectivity index (χ3n) is 4.58. The molecule has 1 saturated heterocycles. The highest BCUT2D eigenvalue weighted by atomic mass is 32.1. The first-order valence-corrected chi connectivity index (χ1v) is 9.18. The van der Waals surface area contributed by atoms with Gasteiger partial charge in [-0.2, -0.15) is 5.10 Å². The van der Waals surface area contributed by atoms with Crippen LogP contribution in [0.3, 0.4) is 0 Å². The van der Waals surface area contributed by atoms with Crippen molar-refractivity contribution in [2.24, 2.45) is 0 Å². The van der Waals surface area contributed by atoms with Crippen molar-refractivity contribution in [3.05, 3.63) is 33.5 Å². The van der Waals surface area contributed by atoms with Crippen molar-refractivity contribution >= 4 is 23.2 Å². The number of aromatic carboxylic acids is 1. The van der Waals surface area contributed by atoms with Gasteiger partial charge in [0, 0.05) is 24.8 Å². The second-order valence-corrected chi connectivity index (χ2v) is 7.22. The van der Waals surface area contributed by atoms with Gasteiger partial charge in [0.15, 0.2) is 5.69 Å². The van der Waals surface area contributed by atoms with E-state index in [0.717, 1.165) is 16.0 Å². The van der Waals surface area contributed by atoms with E-state index in [1.165, 1.54) is 17.2 Å². The van der Waals surface area contributed by atoms with Crippen LogP contribution in [0.2, 0.25) is 0 Å². The maximum atomic E-state index is 13.4. The zero-order chi connectivity index (χ0) is 20.6. The Balaban J connectivity index is 1.97. The molecule has 1 aliphatic heterocycles. The average molecular weight is 420 g/mol. The van der Waals surface area contributed by atoms with Crippen LogP contribution in [0.5, 0.6) is 0 Å². The molecule has 1 N–H and O–H groups in total. The minimum Gasteiger partial charge on any atom is -0.476 e. The summed E-state index contributed by atoms with van der Waals surface area (Å²) in [5.41, 5.74) is -1.61. The molecule has 0 radical (unpaired) electrons. The Kier molecular flexibility index (Phi) is 5.68. The molecule has 2 unspecified atom stereocenters. The van der Waals surface area contributed by atoms with Crippen LogP contribution in [-0.2, 0) is 4.79 Å². The summed E-state index contributed by atoms with van der Waals surface area (Å²) in [6.07, 6.45) is -6.52. The smallest absolute Gasteiger partial charge is 0.355 e. The second kappa shape index (κ2) is 7.86. The highest BCUT2D eigenvalue weighted by molar-refractivity contribution is 7.09. The van der Waals surface area contributed by atoms with Crippen LogP contribution in [0.4, 0.5) is 17.6 Å². The van der Waals surface area contributed by atoms with Gasteiger partial charge in [-0.15, -0.1) is 11.3 Å². The Morgan fingerprint density at radius 1 is 1.29 bits per heavy atom. The van der Waals surface area contributed by atoms with E-state index in [0.29, 0.717) is 17.5 Å². The average Bonchev–Trinajstić information content (AvgIpc) is 3.28. The second-order valence-electron chi connectivity index (χ2n) is 6.33. The number of hydrogen-bond donors (Lipinski definition) is 1. The number of likely N-dealkylation sites (tertiary alicyclic amines) is 1. The summed E-state index contributed by atoms with van der Waals surface area (Å²) in [6.45, 7) is 1.44. The first-order chi connectivity index (χ1) is 13.2. The molecule has 1 aliphatic rings. The summed E-state index contributed by atoms with van der Waals surface area (Å²) in [5.74, 6) is -1.90. The molecule has 0 saturated carbocycles. The fourth-order valence-electron chi connectivity index (χ4n) is 3.28. The first kappa shape index (κ1) is 20.2. The fourth-order valence-corrected chi connectivity index (χ4v) is 4.22. The SMILES string of the molecule is CC(=O)N1CCC(c2nc(C(=O)O)cs2)CC1n1nc(C(F)F)cc1C(F)F. The van der Waals surface area contributed by atoms with Gasteiger partial charge in [-0.3, -0.25) is 4.79 Å². The number of carbonyl (C=O) groups excluding carboxylic acids is 1. The maximum Gasteiger partial charge on any atom is 0.355 e. The van der Waals surface area contributed by atoms with E-state index < -0.39 is 42.3 Å². The van der Waals surface area contributed by atoms with Crippen LogP contribution < -0.4 is 0 Å². The van der Waals surface area contributed by atoms with E-state index in [-0.39, 0.29) is 24.6 Å². The van der Waals surface area contributed by atoms with Crippen molar-refractivity contribution in [2.75, 3.05) is 6.54 Å². The van der Waals surface area contributed by atoms with Gasteiger partial charge in [-0.1, -0.05) is 0 Å². The van der Waals surface area contributed by atoms with Crippen molar-refractivity contribution in [3.8, 4) is 0 Å². The number of aromatic nitrogens is 3. The summed E-state index contributed by atoms with van der Waals surface area (Å²) in [4.78, 5) is 28.4. The number of halogens is 4. The largest absolute Gasteiger partial charge is 0.476 e. The zero-order valence-electron chi connectivity index (χ0n) is 14.6. The molecule has 2 atom stereocenters. The molecule has 7 nitrogen and oxygen atoms in total. The van der Waals surface area contributed by atoms with Crippen LogP contribution in [0, 0.1) is 0 Å². The molecule has 0 bridgehead atoms. The Labute approximate surface area is 160 Å². The number of thiazole rings is 1. The van der Waals surface area contributed by atoms with Gasteiger partial charge >= 0.3 is 5.97 Å². The third kappa shape index (κ3) is 3.86. The monoisotopic (exact) mass is 420 g/mol. The van der Waals surface area contributed by atoms with Crippen molar-refractivity contribution < 1.29 is 32.3 Å². The zero-order valence-corrected chi connectivity index (χ0v) is 15.4. The van der Waals surface area contributed by atoms with E-state index in [4.69, 9.17) is 5.11 Å². The number of nitrogens with zero attached hydrogens (tertiary/aromatic N) is 4. The number of hydrogen-bond acceptors (Lipinski definition) is 5. The molecule has 3 heterocycles. The molecule has 1 fully saturated rings. The minimum absolute atomic E-state index is 0.107. The Hall–Kier alpha value is -2.50. The van der Waals surface area contributed by atoms with Crippen molar-refractivity contribution in [3.63, 3.8) is 0 Å². The highest BCUT2D eigenvalue weighted by Crippen LogP contribution is 2.40. The number of alkyl halides is 4. The van der Waals surface area contributed by atoms with Crippen LogP contribution in [0.25, 0.3) is 0 Å². The lowest BCUT2D eigenvalue weighted by atomic mass is 9.94. The quantitative estimate of drug-likeness (QED) is 0.743. The summed E-state index contributed by atoms with van der Waals surface area (Å²) < 4.78 is 53.6. The number of rotatable bonds is 5. The van der Waals surface area contributed by atoms with Crippen molar-refractivity contribution in [2.45, 2.75) is 44.7 Å². The molecule has 28 heavy (non-hydrogen) atoms. The number of carboxylic acids is 1. The van der Waals surface area contributed by atoms with Gasteiger partial charge in [0.05, 0.1) is 5.01 Å². The molecular weight excluding hydrogens is 404 g/mol. The molecular formula is C16H16F4N4O3S. The van der Waals surface area contributed by atoms with E-state index in [1.54, 1.807) is 0 Å². The predicted molar refractivity (Wildman–Crippen MR) is 89.6 cm³/mol. The number of amides is 1. The lowest BCUT2D eigenvalue weighted by molar-refractivity contribution is -0.135. The molecule has 12 heteroatoms. The number of carbonyl (C=O) groups is 2. The van der Waals surface area contributed by atoms with E-state index in [1.807, 2.05) is 0 Å². The molecule has 0 aromatic carbocycles. The number of carboxylic acid groups (broad SMARTS) is 1. The maximum absolute atomic E-state index is 13.4. The van der Waals surface area contributed by atoms with E-state index >= 15 is 0 Å². The van der Waals surface area contributed by atoms with Crippen LogP contribution in [0.15, 0.2) is 11.4 Å². The molecule has 0 spiro atoms. The van der Waals surface area contributed by atoms with Gasteiger partial charge in [-0.25, -0.2) is 32.0 Å². The Morgan fingerprint density at radius 3 is 2.54 bits per heavy atom. The molecule has 0 aliphatic carbocycles. The summed E-state index contributed by atoms with van der Waals surface area (Å²) in [7, 11) is 0. The summed E-state index contributed by atoms with van der Waals surface area (Å²) >= 11 is 1.12. The minimum atomic E-state index is -3.05. The third-order valence-corrected chi connectivity index (χ3v) is 5.59. The molecule has 152 valence electrons.